The molecule has 0 aliphatic heterocycles. The van der Waals surface area contributed by atoms with Crippen LogP contribution in [0.15, 0.2) is 54.9 Å². The zero-order valence-corrected chi connectivity index (χ0v) is 19.2. The fourth-order valence-corrected chi connectivity index (χ4v) is 4.41. The number of nitrogens with one attached hydrogen (secondary N) is 1. The first-order valence-electron chi connectivity index (χ1n) is 10.5. The maximum atomic E-state index is 15.4. The van der Waals surface area contributed by atoms with E-state index in [2.05, 4.69) is 9.97 Å². The van der Waals surface area contributed by atoms with Gasteiger partial charge in [0, 0.05) is 41.0 Å². The Morgan fingerprint density at radius 1 is 1.17 bits per heavy atom. The number of pyridine rings is 1. The van der Waals surface area contributed by atoms with Crippen molar-refractivity contribution in [1.82, 2.24) is 9.97 Å². The van der Waals surface area contributed by atoms with Gasteiger partial charge in [-0.05, 0) is 42.3 Å². The van der Waals surface area contributed by atoms with Gasteiger partial charge in [-0.3, -0.25) is 18.4 Å². The van der Waals surface area contributed by atoms with E-state index in [1.807, 2.05) is 0 Å². The summed E-state index contributed by atoms with van der Waals surface area (Å²) in [7, 11) is 0. The van der Waals surface area contributed by atoms with Crippen LogP contribution in [0.25, 0.3) is 22.2 Å². The highest BCUT2D eigenvalue weighted by Crippen LogP contribution is 2.31. The van der Waals surface area contributed by atoms with Crippen molar-refractivity contribution in [2.24, 2.45) is 5.73 Å². The molecule has 4 N–H and O–H groups in total. The van der Waals surface area contributed by atoms with Gasteiger partial charge in [0.05, 0.1) is 11.3 Å². The number of nitrogens with zero attached hydrogens (tertiary/aromatic N) is 2. The van der Waals surface area contributed by atoms with Crippen LogP contribution < -0.4 is 10.0 Å². The molecule has 180 valence electrons. The number of primary amides is 1. The lowest BCUT2D eigenvalue weighted by Crippen LogP contribution is -2.27. The molecule has 0 radical (unpaired) electrons. The van der Waals surface area contributed by atoms with E-state index in [4.69, 9.17) is 5.73 Å². The van der Waals surface area contributed by atoms with E-state index < -0.39 is 40.2 Å². The summed E-state index contributed by atoms with van der Waals surface area (Å²) in [6.07, 6.45) is 3.23. The predicted octanol–water partition coefficient (Wildman–Crippen LogP) is 4.19. The Kier molecular flexibility index (Phi) is 6.72. The summed E-state index contributed by atoms with van der Waals surface area (Å²) in [4.78, 5) is 31.9. The van der Waals surface area contributed by atoms with Gasteiger partial charge in [0.1, 0.15) is 11.5 Å². The molecule has 11 heteroatoms. The molecule has 0 aliphatic carbocycles. The highest BCUT2D eigenvalue weighted by molar-refractivity contribution is 7.80. The molecule has 1 unspecified atom stereocenters. The number of anilines is 1. The molecule has 2 aromatic heterocycles. The number of aromatic nitrogens is 2. The molecule has 1 atom stereocenters. The molecule has 4 rings (SSSR count). The molecule has 0 saturated carbocycles. The van der Waals surface area contributed by atoms with Crippen LogP contribution in [-0.4, -0.2) is 37.0 Å². The molecule has 0 spiro atoms. The van der Waals surface area contributed by atoms with E-state index in [0.29, 0.717) is 28.6 Å². The molecular weight excluding hydrogens is 478 g/mol. The van der Waals surface area contributed by atoms with Crippen molar-refractivity contribution in [3.05, 3.63) is 83.2 Å². The topological polar surface area (TPSA) is 129 Å². The van der Waals surface area contributed by atoms with Gasteiger partial charge in [-0.15, -0.1) is 0 Å². The first kappa shape index (κ1) is 24.2. The number of nitrogens with two attached hydrogens (primary N) is 1. The standard InChI is InChI=1S/C24H20F2N4O4S/c1-2-8-30(35(33)34)19-7-6-18(25)20(21(19)26)22(31)17-12-29-24-16(17)10-15(11-28-24)13-4-3-5-14(9-13)23(27)32/h3-7,9-12H,2,8H2,1H3,(H2,27,32)(H,28,29)(H,33,34). The van der Waals surface area contributed by atoms with Crippen LogP contribution in [0.1, 0.15) is 39.6 Å². The van der Waals surface area contributed by atoms with Gasteiger partial charge >= 0.3 is 0 Å². The predicted molar refractivity (Wildman–Crippen MR) is 128 cm³/mol. The van der Waals surface area contributed by atoms with Crippen LogP contribution >= 0.6 is 0 Å². The summed E-state index contributed by atoms with van der Waals surface area (Å²) >= 11 is -2.57. The quantitative estimate of drug-likeness (QED) is 0.248. The van der Waals surface area contributed by atoms with Crippen molar-refractivity contribution in [3.63, 3.8) is 0 Å². The van der Waals surface area contributed by atoms with Gasteiger partial charge in [-0.25, -0.2) is 18.0 Å². The van der Waals surface area contributed by atoms with Crippen LogP contribution in [0.5, 0.6) is 0 Å². The number of halogens is 2. The third-order valence-electron chi connectivity index (χ3n) is 5.44. The van der Waals surface area contributed by atoms with Crippen molar-refractivity contribution in [1.29, 1.82) is 0 Å². The third kappa shape index (κ3) is 4.55. The van der Waals surface area contributed by atoms with E-state index >= 15 is 4.39 Å². The lowest BCUT2D eigenvalue weighted by molar-refractivity contribution is 0.0998. The van der Waals surface area contributed by atoms with E-state index in [1.165, 1.54) is 12.4 Å². The fourth-order valence-electron chi connectivity index (χ4n) is 3.76. The lowest BCUT2D eigenvalue weighted by atomic mass is 9.99. The van der Waals surface area contributed by atoms with Crippen molar-refractivity contribution >= 4 is 39.7 Å². The normalized spacial score (nSPS) is 12.0. The van der Waals surface area contributed by atoms with Crippen LogP contribution in [0.2, 0.25) is 0 Å². The number of aromatic amines is 1. The molecule has 0 saturated heterocycles. The maximum Gasteiger partial charge on any atom is 0.261 e. The molecule has 35 heavy (non-hydrogen) atoms. The van der Waals surface area contributed by atoms with Crippen molar-refractivity contribution in [2.45, 2.75) is 13.3 Å². The molecule has 0 aliphatic rings. The van der Waals surface area contributed by atoms with Gasteiger partial charge in [0.15, 0.2) is 5.82 Å². The molecule has 0 fully saturated rings. The molecule has 4 aromatic rings. The third-order valence-corrected chi connectivity index (χ3v) is 6.19. The second kappa shape index (κ2) is 9.72. The number of hydrogen-bond acceptors (Lipinski definition) is 4. The van der Waals surface area contributed by atoms with E-state index in [9.17, 15) is 22.7 Å². The number of rotatable bonds is 8. The van der Waals surface area contributed by atoms with Gasteiger partial charge in [-0.2, -0.15) is 0 Å². The Morgan fingerprint density at radius 3 is 2.63 bits per heavy atom. The van der Waals surface area contributed by atoms with E-state index in [-0.39, 0.29) is 23.4 Å². The summed E-state index contributed by atoms with van der Waals surface area (Å²) in [5.41, 5.74) is 5.85. The summed E-state index contributed by atoms with van der Waals surface area (Å²) in [6.45, 7) is 1.74. The first-order chi connectivity index (χ1) is 16.7. The average molecular weight is 499 g/mol. The smallest absolute Gasteiger partial charge is 0.261 e. The summed E-state index contributed by atoms with van der Waals surface area (Å²) in [5.74, 6) is -3.91. The van der Waals surface area contributed by atoms with Crippen molar-refractivity contribution < 1.29 is 27.1 Å². The minimum absolute atomic E-state index is 0.0179. The van der Waals surface area contributed by atoms with Crippen molar-refractivity contribution in [2.75, 3.05) is 10.8 Å². The Hall–Kier alpha value is -3.96. The van der Waals surface area contributed by atoms with Crippen molar-refractivity contribution in [3.8, 4) is 11.1 Å². The van der Waals surface area contributed by atoms with Gasteiger partial charge in [0.2, 0.25) is 11.7 Å². The second-order valence-corrected chi connectivity index (χ2v) is 8.59. The lowest BCUT2D eigenvalue weighted by Gasteiger charge is -2.20. The molecule has 1 amide bonds. The summed E-state index contributed by atoms with van der Waals surface area (Å²) < 4.78 is 52.1. The number of amides is 1. The zero-order chi connectivity index (χ0) is 25.3. The first-order valence-corrected chi connectivity index (χ1v) is 11.6. The Balaban J connectivity index is 1.82. The largest absolute Gasteiger partial charge is 0.366 e. The number of carbonyl (C=O) groups is 2. The minimum atomic E-state index is -2.57. The molecule has 2 heterocycles. The van der Waals surface area contributed by atoms with E-state index in [0.717, 1.165) is 16.4 Å². The maximum absolute atomic E-state index is 15.4. The van der Waals surface area contributed by atoms with Crippen LogP contribution in [0, 0.1) is 11.6 Å². The summed E-state index contributed by atoms with van der Waals surface area (Å²) in [5, 5.41) is 0.303. The fraction of sp³-hybridized carbons (Fsp3) is 0.125. The molecule has 8 nitrogen and oxygen atoms in total. The number of hydrogen-bond donors (Lipinski definition) is 3. The molecule has 2 aromatic carbocycles. The monoisotopic (exact) mass is 498 g/mol. The number of fused-ring (bicyclic) bond motifs is 1. The van der Waals surface area contributed by atoms with Crippen LogP contribution in [-0.2, 0) is 11.3 Å². The second-order valence-electron chi connectivity index (χ2n) is 7.69. The van der Waals surface area contributed by atoms with Gasteiger partial charge in [0.25, 0.3) is 11.3 Å². The van der Waals surface area contributed by atoms with Gasteiger partial charge < -0.3 is 10.7 Å². The zero-order valence-electron chi connectivity index (χ0n) is 18.4. The van der Waals surface area contributed by atoms with E-state index in [1.54, 1.807) is 37.3 Å². The Morgan fingerprint density at radius 2 is 1.94 bits per heavy atom. The number of benzene rings is 2. The number of H-pyrrole nitrogens is 1. The van der Waals surface area contributed by atoms with Crippen LogP contribution in [0.4, 0.5) is 14.5 Å². The van der Waals surface area contributed by atoms with Crippen LogP contribution in [0.3, 0.4) is 0 Å². The molecule has 0 bridgehead atoms. The Bertz CT molecular complexity index is 1490. The Labute approximate surface area is 201 Å². The summed E-state index contributed by atoms with van der Waals surface area (Å²) in [6, 6.07) is 10.0. The SMILES string of the molecule is CCCN(c1ccc(F)c(C(=O)c2c[nH]c3ncc(-c4cccc(C(N)=O)c4)cc23)c1F)S(=O)O. The number of carbonyl (C=O) groups excluding carboxylic acids is 2. The van der Waals surface area contributed by atoms with Gasteiger partial charge in [-0.1, -0.05) is 19.1 Å². The number of ketones is 1. The minimum Gasteiger partial charge on any atom is -0.366 e. The molecular formula is C24H20F2N4O4S. The highest BCUT2D eigenvalue weighted by Gasteiger charge is 2.27. The average Bonchev–Trinajstić information content (AvgIpc) is 3.26. The highest BCUT2D eigenvalue weighted by atomic mass is 32.2.